The maximum atomic E-state index is 13.9. The lowest BCUT2D eigenvalue weighted by Gasteiger charge is -2.62. The minimum absolute atomic E-state index is 0.0133. The van der Waals surface area contributed by atoms with Crippen LogP contribution in [-0.2, 0) is 14.1 Å². The molecule has 5 nitrogen and oxygen atoms in total. The van der Waals surface area contributed by atoms with Crippen molar-refractivity contribution in [2.24, 2.45) is 34.5 Å². The van der Waals surface area contributed by atoms with E-state index in [-0.39, 0.29) is 41.9 Å². The summed E-state index contributed by atoms with van der Waals surface area (Å²) in [6.07, 6.45) is 6.23. The Balaban J connectivity index is 1.49. The summed E-state index contributed by atoms with van der Waals surface area (Å²) >= 11 is 0. The van der Waals surface area contributed by atoms with Gasteiger partial charge in [0.1, 0.15) is 11.9 Å². The van der Waals surface area contributed by atoms with E-state index in [2.05, 4.69) is 34.6 Å². The molecule has 9 atom stereocenters. The van der Waals surface area contributed by atoms with Crippen molar-refractivity contribution in [1.82, 2.24) is 0 Å². The molecule has 1 heterocycles. The topological polar surface area (TPSA) is 76.0 Å². The zero-order valence-electron chi connectivity index (χ0n) is 20.0. The zero-order valence-corrected chi connectivity index (χ0v) is 20.0. The van der Waals surface area contributed by atoms with E-state index in [1.807, 2.05) is 0 Å². The molecule has 4 saturated carbocycles. The second-order valence-corrected chi connectivity index (χ2v) is 13.1. The van der Waals surface area contributed by atoms with E-state index in [1.165, 1.54) is 0 Å². The summed E-state index contributed by atoms with van der Waals surface area (Å²) in [5.41, 5.74) is -1.04. The zero-order chi connectivity index (χ0) is 22.4. The molecule has 6 heteroatoms. The molecule has 0 aromatic rings. The third kappa shape index (κ3) is 3.00. The number of rotatable bonds is 0. The van der Waals surface area contributed by atoms with Crippen molar-refractivity contribution in [3.05, 3.63) is 0 Å². The first-order valence-electron chi connectivity index (χ1n) is 12.6. The van der Waals surface area contributed by atoms with E-state index < -0.39 is 11.7 Å². The molecule has 4 aliphatic carbocycles. The Kier molecular flexibility index (Phi) is 5.08. The molecule has 0 bridgehead atoms. The van der Waals surface area contributed by atoms with Gasteiger partial charge in [0.15, 0.2) is 0 Å². The summed E-state index contributed by atoms with van der Waals surface area (Å²) in [5.74, 6) is 1.70. The normalized spacial score (nSPS) is 52.6. The van der Waals surface area contributed by atoms with Gasteiger partial charge in [-0.2, -0.15) is 0 Å². The Morgan fingerprint density at radius 3 is 2.52 bits per heavy atom. The predicted molar refractivity (Wildman–Crippen MR) is 119 cm³/mol. The van der Waals surface area contributed by atoms with Crippen LogP contribution in [0.4, 0.5) is 0 Å². The third-order valence-corrected chi connectivity index (χ3v) is 10.5. The standard InChI is InChI=1S/C25H41BO5/c1-22(2,3)26-30-14-20(29)25(31-26)11-9-18-17-7-6-15-12-16(27)8-10-23(15,4)21(17)19(28)13-24(18,25)5/h15-18,20-21,27,29H,6-14H2,1-5H3/t15-,16-,17+,18+,20+,21-,23+,24+,25+/m1/s1. The molecule has 0 aromatic carbocycles. The SMILES string of the molecule is CC(C)(C)B1OC[C@H](O)[C@]2(CC[C@H]3[C@@H]4CC[C@@H]5C[C@H](O)CC[C@]5(C)[C@H]4C(=O)C[C@@]32C)O1. The molecular weight excluding hydrogens is 391 g/mol. The maximum Gasteiger partial charge on any atom is 0.463 e. The minimum Gasteiger partial charge on any atom is -0.408 e. The van der Waals surface area contributed by atoms with E-state index in [9.17, 15) is 15.0 Å². The van der Waals surface area contributed by atoms with Crippen molar-refractivity contribution in [1.29, 1.82) is 0 Å². The van der Waals surface area contributed by atoms with Crippen molar-refractivity contribution >= 4 is 12.9 Å². The number of fused-ring (bicyclic) bond motifs is 6. The van der Waals surface area contributed by atoms with Crippen LogP contribution in [-0.4, -0.2) is 47.5 Å². The number of hydrogen-bond donors (Lipinski definition) is 2. The third-order valence-electron chi connectivity index (χ3n) is 10.5. The number of carbonyl (C=O) groups is 1. The molecule has 1 saturated heterocycles. The Labute approximate surface area is 187 Å². The molecule has 2 N–H and O–H groups in total. The highest BCUT2D eigenvalue weighted by atomic mass is 16.6. The van der Waals surface area contributed by atoms with E-state index in [1.54, 1.807) is 0 Å². The number of aliphatic hydroxyl groups excluding tert-OH is 2. The molecule has 174 valence electrons. The molecule has 0 unspecified atom stereocenters. The van der Waals surface area contributed by atoms with E-state index in [4.69, 9.17) is 9.31 Å². The summed E-state index contributed by atoms with van der Waals surface area (Å²) in [6, 6.07) is 0. The van der Waals surface area contributed by atoms with E-state index in [0.717, 1.165) is 44.9 Å². The van der Waals surface area contributed by atoms with Crippen LogP contribution in [0.25, 0.3) is 0 Å². The second kappa shape index (κ2) is 7.04. The second-order valence-electron chi connectivity index (χ2n) is 13.1. The highest BCUT2D eigenvalue weighted by Crippen LogP contribution is 2.69. The van der Waals surface area contributed by atoms with Gasteiger partial charge in [0.25, 0.3) is 0 Å². The van der Waals surface area contributed by atoms with Gasteiger partial charge in [-0.1, -0.05) is 34.6 Å². The average molecular weight is 432 g/mol. The van der Waals surface area contributed by atoms with Gasteiger partial charge in [0.2, 0.25) is 0 Å². The van der Waals surface area contributed by atoms with Gasteiger partial charge in [-0.15, -0.1) is 0 Å². The lowest BCUT2D eigenvalue weighted by molar-refractivity contribution is -0.206. The molecule has 0 aromatic heterocycles. The quantitative estimate of drug-likeness (QED) is 0.566. The molecule has 0 amide bonds. The molecule has 1 aliphatic heterocycles. The number of ketones is 1. The molecule has 5 rings (SSSR count). The van der Waals surface area contributed by atoms with Gasteiger partial charge >= 0.3 is 7.12 Å². The van der Waals surface area contributed by atoms with Crippen LogP contribution in [0.2, 0.25) is 5.31 Å². The highest BCUT2D eigenvalue weighted by Gasteiger charge is 2.71. The van der Waals surface area contributed by atoms with Crippen molar-refractivity contribution in [2.75, 3.05) is 6.61 Å². The van der Waals surface area contributed by atoms with Gasteiger partial charge in [-0.05, 0) is 73.4 Å². The van der Waals surface area contributed by atoms with Crippen LogP contribution in [0.3, 0.4) is 0 Å². The number of carbonyl (C=O) groups excluding carboxylic acids is 1. The van der Waals surface area contributed by atoms with Gasteiger partial charge < -0.3 is 19.5 Å². The van der Waals surface area contributed by atoms with Crippen molar-refractivity contribution in [3.63, 3.8) is 0 Å². The van der Waals surface area contributed by atoms with Crippen molar-refractivity contribution < 1.29 is 24.3 Å². The molecule has 5 fully saturated rings. The Morgan fingerprint density at radius 1 is 1.06 bits per heavy atom. The number of aliphatic hydroxyl groups is 2. The number of hydrogen-bond acceptors (Lipinski definition) is 5. The fourth-order valence-corrected chi connectivity index (χ4v) is 8.85. The van der Waals surface area contributed by atoms with Crippen LogP contribution >= 0.6 is 0 Å². The first-order valence-corrected chi connectivity index (χ1v) is 12.6. The fourth-order valence-electron chi connectivity index (χ4n) is 8.85. The first kappa shape index (κ1) is 22.4. The van der Waals surface area contributed by atoms with Crippen LogP contribution in [0.5, 0.6) is 0 Å². The molecular formula is C25H41BO5. The van der Waals surface area contributed by atoms with Crippen LogP contribution < -0.4 is 0 Å². The average Bonchev–Trinajstić information content (AvgIpc) is 2.96. The van der Waals surface area contributed by atoms with Gasteiger partial charge in [-0.25, -0.2) is 0 Å². The lowest BCUT2D eigenvalue weighted by atomic mass is 9.43. The fraction of sp³-hybridized carbons (Fsp3) is 0.960. The van der Waals surface area contributed by atoms with Crippen molar-refractivity contribution in [2.45, 2.75) is 109 Å². The summed E-state index contributed by atoms with van der Waals surface area (Å²) in [4.78, 5) is 13.9. The van der Waals surface area contributed by atoms with Crippen LogP contribution in [0.1, 0.15) is 86.0 Å². The molecule has 31 heavy (non-hydrogen) atoms. The van der Waals surface area contributed by atoms with Gasteiger partial charge in [0, 0.05) is 17.8 Å². The molecule has 0 radical (unpaired) electrons. The summed E-state index contributed by atoms with van der Waals surface area (Å²) in [6.45, 7) is 11.2. The summed E-state index contributed by atoms with van der Waals surface area (Å²) < 4.78 is 12.6. The van der Waals surface area contributed by atoms with Crippen molar-refractivity contribution in [3.8, 4) is 0 Å². The maximum absolute atomic E-state index is 13.9. The Hall–Kier alpha value is -0.425. The van der Waals surface area contributed by atoms with Crippen LogP contribution in [0, 0.1) is 34.5 Å². The Morgan fingerprint density at radius 2 is 1.81 bits per heavy atom. The van der Waals surface area contributed by atoms with Crippen LogP contribution in [0.15, 0.2) is 0 Å². The van der Waals surface area contributed by atoms with E-state index in [0.29, 0.717) is 30.0 Å². The van der Waals surface area contributed by atoms with Gasteiger partial charge in [0.05, 0.1) is 18.3 Å². The largest absolute Gasteiger partial charge is 0.463 e. The smallest absolute Gasteiger partial charge is 0.408 e. The Bertz CT molecular complexity index is 751. The van der Waals surface area contributed by atoms with Gasteiger partial charge in [-0.3, -0.25) is 4.79 Å². The summed E-state index contributed by atoms with van der Waals surface area (Å²) in [7, 11) is -0.368. The highest BCUT2D eigenvalue weighted by molar-refractivity contribution is 6.48. The molecule has 5 aliphatic rings. The summed E-state index contributed by atoms with van der Waals surface area (Å²) in [5, 5.41) is 21.3. The minimum atomic E-state index is -0.699. The van der Waals surface area contributed by atoms with E-state index >= 15 is 0 Å². The monoisotopic (exact) mass is 432 g/mol. The predicted octanol–water partition coefficient (Wildman–Crippen LogP) is 4.00. The first-order chi connectivity index (χ1) is 14.4. The number of Topliss-reactive ketones (excluding diaryl/α,β-unsaturated/α-hetero) is 1. The molecule has 1 spiro atoms. The lowest BCUT2D eigenvalue weighted by Crippen LogP contribution is -2.67.